The maximum absolute atomic E-state index is 12.3. The van der Waals surface area contributed by atoms with Gasteiger partial charge in [-0.15, -0.1) is 11.3 Å². The van der Waals surface area contributed by atoms with Crippen molar-refractivity contribution in [3.63, 3.8) is 0 Å². The van der Waals surface area contributed by atoms with Crippen LogP contribution in [0, 0.1) is 13.8 Å². The zero-order valence-electron chi connectivity index (χ0n) is 18.7. The number of benzene rings is 2. The Kier molecular flexibility index (Phi) is 7.40. The molecule has 0 saturated heterocycles. The minimum Gasteiger partial charge on any atom is -0.451 e. The predicted molar refractivity (Wildman–Crippen MR) is 132 cm³/mol. The number of hydrogen-bond donors (Lipinski definition) is 1. The first-order valence-corrected chi connectivity index (χ1v) is 11.9. The molecule has 0 aliphatic heterocycles. The molecule has 2 heterocycles. The van der Waals surface area contributed by atoms with E-state index in [1.807, 2.05) is 61.0 Å². The lowest BCUT2D eigenvalue weighted by Crippen LogP contribution is -2.28. The number of ether oxygens (including phenoxy) is 1. The van der Waals surface area contributed by atoms with Crippen LogP contribution in [0.15, 0.2) is 60.0 Å². The number of aromatic nitrogens is 3. The van der Waals surface area contributed by atoms with Gasteiger partial charge in [-0.2, -0.15) is 5.10 Å². The second kappa shape index (κ2) is 10.6. The van der Waals surface area contributed by atoms with Crippen LogP contribution < -0.4 is 5.32 Å². The van der Waals surface area contributed by atoms with E-state index in [1.165, 1.54) is 11.3 Å². The van der Waals surface area contributed by atoms with Gasteiger partial charge in [0.15, 0.2) is 12.3 Å². The molecule has 1 N–H and O–H groups in total. The Morgan fingerprint density at radius 3 is 2.56 bits per heavy atom. The average Bonchev–Trinajstić information content (AvgIpc) is 3.43. The van der Waals surface area contributed by atoms with E-state index in [4.69, 9.17) is 16.3 Å². The van der Waals surface area contributed by atoms with Gasteiger partial charge in [-0.3, -0.25) is 9.48 Å². The molecule has 7 nitrogen and oxygen atoms in total. The number of rotatable bonds is 8. The molecule has 9 heteroatoms. The van der Waals surface area contributed by atoms with E-state index in [-0.39, 0.29) is 12.3 Å². The third-order valence-electron chi connectivity index (χ3n) is 5.31. The highest BCUT2D eigenvalue weighted by Crippen LogP contribution is 2.25. The number of amides is 1. The predicted octanol–water partition coefficient (Wildman–Crippen LogP) is 4.80. The van der Waals surface area contributed by atoms with Crippen molar-refractivity contribution in [3.8, 4) is 10.6 Å². The lowest BCUT2D eigenvalue weighted by atomic mass is 10.2. The van der Waals surface area contributed by atoms with Gasteiger partial charge in [-0.05, 0) is 31.5 Å². The van der Waals surface area contributed by atoms with E-state index >= 15 is 0 Å². The lowest BCUT2D eigenvalue weighted by Gasteiger charge is -2.08. The third-order valence-corrected chi connectivity index (χ3v) is 6.45. The van der Waals surface area contributed by atoms with E-state index in [0.29, 0.717) is 23.1 Å². The summed E-state index contributed by atoms with van der Waals surface area (Å²) in [6.07, 6.45) is 0. The van der Waals surface area contributed by atoms with E-state index < -0.39 is 11.9 Å². The van der Waals surface area contributed by atoms with Crippen molar-refractivity contribution < 1.29 is 14.3 Å². The summed E-state index contributed by atoms with van der Waals surface area (Å²) in [5, 5.41) is 10.3. The van der Waals surface area contributed by atoms with Gasteiger partial charge in [0.05, 0.1) is 12.2 Å². The quantitative estimate of drug-likeness (QED) is 0.356. The van der Waals surface area contributed by atoms with Gasteiger partial charge < -0.3 is 10.1 Å². The van der Waals surface area contributed by atoms with Crippen LogP contribution in [0.4, 0.5) is 0 Å². The van der Waals surface area contributed by atoms with Gasteiger partial charge in [0.2, 0.25) is 0 Å². The highest BCUT2D eigenvalue weighted by molar-refractivity contribution is 7.13. The Bertz CT molecular complexity index is 1300. The Morgan fingerprint density at radius 2 is 1.82 bits per heavy atom. The van der Waals surface area contributed by atoms with Gasteiger partial charge in [0.1, 0.15) is 5.01 Å². The van der Waals surface area contributed by atoms with Crippen LogP contribution in [0.1, 0.15) is 33.0 Å². The molecule has 0 bridgehead atoms. The monoisotopic (exact) mass is 494 g/mol. The molecule has 0 radical (unpaired) electrons. The van der Waals surface area contributed by atoms with Crippen molar-refractivity contribution in [1.82, 2.24) is 20.1 Å². The van der Waals surface area contributed by atoms with E-state index in [0.717, 1.165) is 28.1 Å². The fourth-order valence-corrected chi connectivity index (χ4v) is 4.36. The summed E-state index contributed by atoms with van der Waals surface area (Å²) in [6, 6.07) is 17.2. The van der Waals surface area contributed by atoms with E-state index in [1.54, 1.807) is 17.5 Å². The molecule has 0 fully saturated rings. The zero-order valence-corrected chi connectivity index (χ0v) is 20.3. The Balaban J connectivity index is 1.29. The van der Waals surface area contributed by atoms with Crippen LogP contribution >= 0.6 is 22.9 Å². The van der Waals surface area contributed by atoms with Crippen molar-refractivity contribution in [3.05, 3.63) is 93.2 Å². The van der Waals surface area contributed by atoms with E-state index in [9.17, 15) is 9.59 Å². The van der Waals surface area contributed by atoms with Crippen molar-refractivity contribution in [2.45, 2.75) is 26.9 Å². The van der Waals surface area contributed by atoms with Crippen LogP contribution in [-0.4, -0.2) is 33.2 Å². The average molecular weight is 495 g/mol. The summed E-state index contributed by atoms with van der Waals surface area (Å²) >= 11 is 7.23. The smallest absolute Gasteiger partial charge is 0.358 e. The molecule has 174 valence electrons. The van der Waals surface area contributed by atoms with Crippen LogP contribution in [-0.2, 0) is 22.6 Å². The first kappa shape index (κ1) is 23.7. The summed E-state index contributed by atoms with van der Waals surface area (Å²) in [6.45, 7) is 4.47. The molecule has 34 heavy (non-hydrogen) atoms. The maximum Gasteiger partial charge on any atom is 0.358 e. The van der Waals surface area contributed by atoms with Crippen molar-refractivity contribution in [1.29, 1.82) is 0 Å². The third kappa shape index (κ3) is 5.70. The van der Waals surface area contributed by atoms with Gasteiger partial charge in [-0.25, -0.2) is 9.78 Å². The zero-order chi connectivity index (χ0) is 24.1. The number of nitrogens with one attached hydrogen (secondary N) is 1. The molecule has 4 rings (SSSR count). The molecule has 0 saturated carbocycles. The fraction of sp³-hybridized carbons (Fsp3) is 0.200. The largest absolute Gasteiger partial charge is 0.451 e. The molecular weight excluding hydrogens is 472 g/mol. The minimum absolute atomic E-state index is 0.164. The first-order valence-electron chi connectivity index (χ1n) is 10.6. The lowest BCUT2D eigenvalue weighted by molar-refractivity contribution is -0.124. The van der Waals surface area contributed by atoms with Crippen LogP contribution in [0.2, 0.25) is 5.02 Å². The number of halogens is 1. The first-order chi connectivity index (χ1) is 16.4. The Labute approximate surface area is 206 Å². The molecule has 0 spiro atoms. The molecule has 0 atom stereocenters. The van der Waals surface area contributed by atoms with Crippen LogP contribution in [0.3, 0.4) is 0 Å². The number of carbonyl (C=O) groups is 2. The molecule has 2 aromatic heterocycles. The molecular formula is C25H23ClN4O3S. The van der Waals surface area contributed by atoms with Crippen molar-refractivity contribution >= 4 is 34.8 Å². The molecule has 1 amide bonds. The summed E-state index contributed by atoms with van der Waals surface area (Å²) in [5.41, 5.74) is 4.94. The molecule has 0 unspecified atom stereocenters. The molecule has 0 aliphatic carbocycles. The Hall–Kier alpha value is -3.49. The topological polar surface area (TPSA) is 86.1 Å². The summed E-state index contributed by atoms with van der Waals surface area (Å²) in [5.74, 6) is -1.04. The highest BCUT2D eigenvalue weighted by Gasteiger charge is 2.16. The summed E-state index contributed by atoms with van der Waals surface area (Å²) in [7, 11) is 0. The second-order valence-electron chi connectivity index (χ2n) is 7.69. The Morgan fingerprint density at radius 1 is 1.09 bits per heavy atom. The maximum atomic E-state index is 12.3. The molecule has 0 aliphatic rings. The van der Waals surface area contributed by atoms with Crippen molar-refractivity contribution in [2.24, 2.45) is 0 Å². The molecule has 4 aromatic rings. The fourth-order valence-electron chi connectivity index (χ4n) is 3.44. The standard InChI is InChI=1S/C25H23ClN4O3S/c1-16-21(17(2)30(29-16)13-18-6-4-3-5-7-18)12-27-23(31)14-33-25(32)22-15-34-24(28-22)19-8-10-20(26)11-9-19/h3-11,15H,12-14H2,1-2H3,(H,27,31). The van der Waals surface area contributed by atoms with Gasteiger partial charge in [0, 0.05) is 33.8 Å². The molecule has 2 aromatic carbocycles. The summed E-state index contributed by atoms with van der Waals surface area (Å²) in [4.78, 5) is 28.9. The number of carbonyl (C=O) groups excluding carboxylic acids is 2. The van der Waals surface area contributed by atoms with E-state index in [2.05, 4.69) is 15.4 Å². The van der Waals surface area contributed by atoms with Crippen LogP contribution in [0.25, 0.3) is 10.6 Å². The minimum atomic E-state index is -0.644. The summed E-state index contributed by atoms with van der Waals surface area (Å²) < 4.78 is 7.07. The van der Waals surface area contributed by atoms with Gasteiger partial charge >= 0.3 is 5.97 Å². The number of thiazole rings is 1. The second-order valence-corrected chi connectivity index (χ2v) is 8.98. The number of aryl methyl sites for hydroxylation is 1. The highest BCUT2D eigenvalue weighted by atomic mass is 35.5. The van der Waals surface area contributed by atoms with Gasteiger partial charge in [0.25, 0.3) is 5.91 Å². The number of nitrogens with zero attached hydrogens (tertiary/aromatic N) is 3. The van der Waals surface area contributed by atoms with Crippen molar-refractivity contribution in [2.75, 3.05) is 6.61 Å². The SMILES string of the molecule is Cc1nn(Cc2ccccc2)c(C)c1CNC(=O)COC(=O)c1csc(-c2ccc(Cl)cc2)n1. The van der Waals surface area contributed by atoms with Crippen LogP contribution in [0.5, 0.6) is 0 Å². The number of esters is 1. The normalized spacial score (nSPS) is 10.8. The van der Waals surface area contributed by atoms with Gasteiger partial charge in [-0.1, -0.05) is 54.1 Å². The number of hydrogen-bond acceptors (Lipinski definition) is 6.